The zero-order valence-electron chi connectivity index (χ0n) is 10.7. The second-order valence-electron chi connectivity index (χ2n) is 4.02. The van der Waals surface area contributed by atoms with Crippen molar-refractivity contribution in [3.63, 3.8) is 0 Å². The van der Waals surface area contributed by atoms with E-state index in [1.165, 1.54) is 22.6 Å². The van der Waals surface area contributed by atoms with Crippen LogP contribution in [-0.2, 0) is 0 Å². The topological polar surface area (TPSA) is 0 Å². The van der Waals surface area contributed by atoms with Gasteiger partial charge in [0, 0.05) is 20.3 Å². The number of hydrogen-bond donors (Lipinski definition) is 0. The van der Waals surface area contributed by atoms with Gasteiger partial charge in [-0.2, -0.15) is 0 Å². The van der Waals surface area contributed by atoms with Crippen LogP contribution in [-0.4, -0.2) is 0 Å². The van der Waals surface area contributed by atoms with Gasteiger partial charge in [-0.3, -0.25) is 0 Å². The van der Waals surface area contributed by atoms with E-state index in [1.807, 2.05) is 44.3 Å². The molecule has 0 aliphatic heterocycles. The standard InChI is InChI=1S/C14H18S4/c1-3-11(13-7-5-9-15-13)17-18-12(4-2)14-8-6-10-16-14/h5-12H,3-4H2,1-2H3/t11-,12-/m0/s1. The maximum Gasteiger partial charge on any atom is 0.0492 e. The van der Waals surface area contributed by atoms with Crippen LogP contribution in [0.2, 0.25) is 0 Å². The summed E-state index contributed by atoms with van der Waals surface area (Å²) in [5, 5.41) is 5.65. The van der Waals surface area contributed by atoms with Crippen molar-refractivity contribution in [1.29, 1.82) is 0 Å². The highest BCUT2D eigenvalue weighted by molar-refractivity contribution is 8.76. The maximum atomic E-state index is 2.28. The molecule has 0 bridgehead atoms. The Labute approximate surface area is 126 Å². The van der Waals surface area contributed by atoms with Crippen LogP contribution in [0.15, 0.2) is 35.0 Å². The van der Waals surface area contributed by atoms with Gasteiger partial charge in [-0.25, -0.2) is 0 Å². The van der Waals surface area contributed by atoms with Gasteiger partial charge in [-0.05, 0) is 35.7 Å². The van der Waals surface area contributed by atoms with E-state index in [-0.39, 0.29) is 0 Å². The van der Waals surface area contributed by atoms with Crippen molar-refractivity contribution in [2.24, 2.45) is 0 Å². The molecule has 0 aliphatic carbocycles. The summed E-state index contributed by atoms with van der Waals surface area (Å²) in [5.41, 5.74) is 0. The fraction of sp³-hybridized carbons (Fsp3) is 0.429. The highest BCUT2D eigenvalue weighted by atomic mass is 33.1. The summed E-state index contributed by atoms with van der Waals surface area (Å²) >= 11 is 3.76. The summed E-state index contributed by atoms with van der Waals surface area (Å²) in [6.45, 7) is 4.56. The molecule has 0 saturated carbocycles. The van der Waals surface area contributed by atoms with Crippen LogP contribution in [0, 0.1) is 0 Å². The molecule has 0 nitrogen and oxygen atoms in total. The van der Waals surface area contributed by atoms with Gasteiger partial charge in [-0.15, -0.1) is 22.7 Å². The van der Waals surface area contributed by atoms with Crippen molar-refractivity contribution in [2.45, 2.75) is 37.2 Å². The lowest BCUT2D eigenvalue weighted by Crippen LogP contribution is -1.90. The summed E-state index contributed by atoms with van der Waals surface area (Å²) in [5.74, 6) is 0. The van der Waals surface area contributed by atoms with E-state index in [1.54, 1.807) is 0 Å². The molecule has 0 spiro atoms. The minimum Gasteiger partial charge on any atom is -0.148 e. The largest absolute Gasteiger partial charge is 0.148 e. The lowest BCUT2D eigenvalue weighted by Gasteiger charge is -2.16. The molecule has 0 amide bonds. The van der Waals surface area contributed by atoms with Crippen LogP contribution in [0.3, 0.4) is 0 Å². The molecule has 0 fully saturated rings. The molecule has 0 aliphatic rings. The van der Waals surface area contributed by atoms with E-state index in [2.05, 4.69) is 48.9 Å². The first-order valence-corrected chi connectivity index (χ1v) is 10.3. The highest BCUT2D eigenvalue weighted by Gasteiger charge is 2.17. The molecule has 0 saturated heterocycles. The molecular weight excluding hydrogens is 296 g/mol. The third-order valence-electron chi connectivity index (χ3n) is 2.75. The Morgan fingerprint density at radius 3 is 1.61 bits per heavy atom. The first-order chi connectivity index (χ1) is 8.85. The number of rotatable bonds is 7. The summed E-state index contributed by atoms with van der Waals surface area (Å²) in [4.78, 5) is 3.02. The second kappa shape index (κ2) is 7.63. The highest BCUT2D eigenvalue weighted by Crippen LogP contribution is 2.50. The quantitative estimate of drug-likeness (QED) is 0.516. The SMILES string of the molecule is CC[C@H](SS[C@@H](CC)c1cccs1)c1cccs1. The Balaban J connectivity index is 1.93. The molecule has 0 radical (unpaired) electrons. The van der Waals surface area contributed by atoms with E-state index in [0.29, 0.717) is 10.5 Å². The molecule has 98 valence electrons. The van der Waals surface area contributed by atoms with Gasteiger partial charge in [0.25, 0.3) is 0 Å². The molecule has 4 heteroatoms. The Hall–Kier alpha value is 0.1000. The molecule has 2 aromatic heterocycles. The van der Waals surface area contributed by atoms with Crippen LogP contribution in [0.25, 0.3) is 0 Å². The first-order valence-electron chi connectivity index (χ1n) is 6.24. The zero-order valence-corrected chi connectivity index (χ0v) is 13.9. The third kappa shape index (κ3) is 3.80. The van der Waals surface area contributed by atoms with E-state index in [0.717, 1.165) is 0 Å². The summed E-state index contributed by atoms with van der Waals surface area (Å²) in [6.07, 6.45) is 2.41. The minimum absolute atomic E-state index is 0.643. The normalized spacial score (nSPS) is 14.6. The van der Waals surface area contributed by atoms with E-state index < -0.39 is 0 Å². The van der Waals surface area contributed by atoms with Gasteiger partial charge in [-0.1, -0.05) is 47.6 Å². The molecule has 2 atom stereocenters. The molecule has 18 heavy (non-hydrogen) atoms. The second-order valence-corrected chi connectivity index (χ2v) is 8.65. The lowest BCUT2D eigenvalue weighted by molar-refractivity contribution is 0.911. The first kappa shape index (κ1) is 14.5. The van der Waals surface area contributed by atoms with Gasteiger partial charge < -0.3 is 0 Å². The predicted molar refractivity (Wildman–Crippen MR) is 89.9 cm³/mol. The fourth-order valence-corrected chi connectivity index (χ4v) is 7.41. The fourth-order valence-electron chi connectivity index (χ4n) is 1.72. The maximum absolute atomic E-state index is 2.28. The third-order valence-corrected chi connectivity index (χ3v) is 8.50. The minimum atomic E-state index is 0.643. The monoisotopic (exact) mass is 314 g/mol. The van der Waals surface area contributed by atoms with Crippen molar-refractivity contribution in [3.05, 3.63) is 44.8 Å². The number of hydrogen-bond acceptors (Lipinski definition) is 4. The molecule has 2 aromatic rings. The lowest BCUT2D eigenvalue weighted by atomic mass is 10.3. The van der Waals surface area contributed by atoms with Gasteiger partial charge in [0.05, 0.1) is 0 Å². The average Bonchev–Trinajstić information content (AvgIpc) is 3.07. The summed E-state index contributed by atoms with van der Waals surface area (Å²) in [6, 6.07) is 8.84. The van der Waals surface area contributed by atoms with Crippen LogP contribution in [0.1, 0.15) is 46.9 Å². The van der Waals surface area contributed by atoms with Crippen molar-refractivity contribution in [3.8, 4) is 0 Å². The Morgan fingerprint density at radius 1 is 0.889 bits per heavy atom. The molecular formula is C14H18S4. The van der Waals surface area contributed by atoms with Crippen LogP contribution >= 0.6 is 44.3 Å². The van der Waals surface area contributed by atoms with Crippen molar-refractivity contribution >= 4 is 44.3 Å². The summed E-state index contributed by atoms with van der Waals surface area (Å²) < 4.78 is 0. The smallest absolute Gasteiger partial charge is 0.0492 e. The van der Waals surface area contributed by atoms with Gasteiger partial charge in [0.2, 0.25) is 0 Å². The van der Waals surface area contributed by atoms with E-state index in [4.69, 9.17) is 0 Å². The van der Waals surface area contributed by atoms with Crippen molar-refractivity contribution in [1.82, 2.24) is 0 Å². The average molecular weight is 315 g/mol. The van der Waals surface area contributed by atoms with Crippen LogP contribution < -0.4 is 0 Å². The van der Waals surface area contributed by atoms with Crippen LogP contribution in [0.4, 0.5) is 0 Å². The zero-order chi connectivity index (χ0) is 12.8. The Kier molecular flexibility index (Phi) is 6.15. The molecule has 2 rings (SSSR count). The van der Waals surface area contributed by atoms with Crippen molar-refractivity contribution < 1.29 is 0 Å². The Bertz CT molecular complexity index is 376. The van der Waals surface area contributed by atoms with E-state index >= 15 is 0 Å². The molecule has 0 N–H and O–H groups in total. The predicted octanol–water partition coefficient (Wildman–Crippen LogP) is 6.79. The summed E-state index contributed by atoms with van der Waals surface area (Å²) in [7, 11) is 4.09. The molecule has 0 unspecified atom stereocenters. The molecule has 2 heterocycles. The number of thiophene rings is 2. The van der Waals surface area contributed by atoms with Gasteiger partial charge in [0.15, 0.2) is 0 Å². The van der Waals surface area contributed by atoms with Gasteiger partial charge >= 0.3 is 0 Å². The Morgan fingerprint density at radius 2 is 1.33 bits per heavy atom. The van der Waals surface area contributed by atoms with Gasteiger partial charge in [0.1, 0.15) is 0 Å². The molecule has 0 aromatic carbocycles. The van der Waals surface area contributed by atoms with Crippen LogP contribution in [0.5, 0.6) is 0 Å². The van der Waals surface area contributed by atoms with E-state index in [9.17, 15) is 0 Å². The van der Waals surface area contributed by atoms with Crippen molar-refractivity contribution in [2.75, 3.05) is 0 Å².